The highest BCUT2D eigenvalue weighted by Crippen LogP contribution is 2.23. The second-order valence-electron chi connectivity index (χ2n) is 4.78. The highest BCUT2D eigenvalue weighted by Gasteiger charge is 2.35. The van der Waals surface area contributed by atoms with Crippen LogP contribution in [0.1, 0.15) is 11.1 Å². The summed E-state index contributed by atoms with van der Waals surface area (Å²) in [4.78, 5) is 13.9. The molecule has 0 aliphatic carbocycles. The maximum absolute atomic E-state index is 12.0. The molecule has 1 fully saturated rings. The zero-order valence-electron chi connectivity index (χ0n) is 10.5. The molecule has 0 radical (unpaired) electrons. The van der Waals surface area contributed by atoms with Crippen LogP contribution in [-0.2, 0) is 22.4 Å². The predicted molar refractivity (Wildman–Crippen MR) is 66.7 cm³/mol. The number of amides is 1. The van der Waals surface area contributed by atoms with Crippen LogP contribution in [-0.4, -0.2) is 43.7 Å². The van der Waals surface area contributed by atoms with E-state index in [2.05, 4.69) is 12.1 Å². The van der Waals surface area contributed by atoms with Gasteiger partial charge in [-0.3, -0.25) is 4.79 Å². The molecule has 1 amide bonds. The zero-order valence-corrected chi connectivity index (χ0v) is 10.5. The van der Waals surface area contributed by atoms with Crippen molar-refractivity contribution in [2.45, 2.75) is 18.9 Å². The van der Waals surface area contributed by atoms with Gasteiger partial charge in [-0.2, -0.15) is 0 Å². The molecular weight excluding hydrogens is 230 g/mol. The van der Waals surface area contributed by atoms with Gasteiger partial charge in [0.05, 0.1) is 13.7 Å². The second-order valence-corrected chi connectivity index (χ2v) is 4.78. The number of benzene rings is 1. The molecule has 2 aliphatic heterocycles. The van der Waals surface area contributed by atoms with Crippen LogP contribution in [0.3, 0.4) is 0 Å². The van der Waals surface area contributed by atoms with Gasteiger partial charge in [0.1, 0.15) is 5.75 Å². The molecule has 0 bridgehead atoms. The highest BCUT2D eigenvalue weighted by atomic mass is 16.6. The van der Waals surface area contributed by atoms with Crippen LogP contribution in [0.4, 0.5) is 0 Å². The summed E-state index contributed by atoms with van der Waals surface area (Å²) in [7, 11) is 1.68. The summed E-state index contributed by atoms with van der Waals surface area (Å²) < 4.78 is 10.3. The van der Waals surface area contributed by atoms with Crippen molar-refractivity contribution in [1.82, 2.24) is 4.90 Å². The lowest BCUT2D eigenvalue weighted by Crippen LogP contribution is -2.36. The van der Waals surface area contributed by atoms with Gasteiger partial charge in [0.2, 0.25) is 0 Å². The van der Waals surface area contributed by atoms with Crippen molar-refractivity contribution < 1.29 is 14.3 Å². The van der Waals surface area contributed by atoms with E-state index in [9.17, 15) is 4.79 Å². The first-order chi connectivity index (χ1) is 8.78. The van der Waals surface area contributed by atoms with Crippen LogP contribution in [0.5, 0.6) is 5.75 Å². The molecule has 1 atom stereocenters. The maximum Gasteiger partial charge on any atom is 0.254 e. The Morgan fingerprint density at radius 2 is 2.06 bits per heavy atom. The average Bonchev–Trinajstić information content (AvgIpc) is 3.23. The third-order valence-corrected chi connectivity index (χ3v) is 3.64. The number of carbonyl (C=O) groups excluding carboxylic acids is 1. The van der Waals surface area contributed by atoms with E-state index in [0.29, 0.717) is 6.61 Å². The lowest BCUT2D eigenvalue weighted by molar-refractivity contribution is -0.132. The third-order valence-electron chi connectivity index (χ3n) is 3.64. The molecule has 3 rings (SSSR count). The third kappa shape index (κ3) is 2.20. The summed E-state index contributed by atoms with van der Waals surface area (Å²) in [6.07, 6.45) is 1.64. The molecule has 1 aromatic carbocycles. The van der Waals surface area contributed by atoms with Gasteiger partial charge in [0.25, 0.3) is 5.91 Å². The summed E-state index contributed by atoms with van der Waals surface area (Å²) >= 11 is 0. The number of rotatable bonds is 2. The van der Waals surface area contributed by atoms with E-state index in [4.69, 9.17) is 9.47 Å². The summed E-state index contributed by atoms with van der Waals surface area (Å²) in [5.74, 6) is 1.04. The number of epoxide rings is 1. The molecule has 1 aromatic rings. The van der Waals surface area contributed by atoms with E-state index in [-0.39, 0.29) is 12.0 Å². The number of ether oxygens (including phenoxy) is 2. The maximum atomic E-state index is 12.0. The number of nitrogens with zero attached hydrogens (tertiary/aromatic N) is 1. The van der Waals surface area contributed by atoms with Crippen molar-refractivity contribution in [2.24, 2.45) is 0 Å². The first kappa shape index (κ1) is 11.5. The molecule has 0 spiro atoms. The Morgan fingerprint density at radius 1 is 1.33 bits per heavy atom. The molecule has 1 saturated heterocycles. The van der Waals surface area contributed by atoms with E-state index in [1.165, 1.54) is 11.1 Å². The molecule has 1 unspecified atom stereocenters. The van der Waals surface area contributed by atoms with Crippen LogP contribution in [0.15, 0.2) is 18.2 Å². The second kappa shape index (κ2) is 4.61. The van der Waals surface area contributed by atoms with Crippen molar-refractivity contribution in [3.63, 3.8) is 0 Å². The molecule has 0 N–H and O–H groups in total. The average molecular weight is 247 g/mol. The fourth-order valence-electron chi connectivity index (χ4n) is 2.44. The Balaban J connectivity index is 1.75. The zero-order chi connectivity index (χ0) is 12.5. The molecule has 2 heterocycles. The molecule has 4 nitrogen and oxygen atoms in total. The SMILES string of the molecule is COc1ccc2c(c1)CCN(C(=O)C1CO1)CC2. The summed E-state index contributed by atoms with van der Waals surface area (Å²) in [6.45, 7) is 2.16. The normalized spacial score (nSPS) is 22.1. The largest absolute Gasteiger partial charge is 0.497 e. The van der Waals surface area contributed by atoms with Crippen molar-refractivity contribution in [3.8, 4) is 5.75 Å². The minimum atomic E-state index is -0.166. The number of methoxy groups -OCH3 is 1. The van der Waals surface area contributed by atoms with Gasteiger partial charge in [-0.05, 0) is 36.1 Å². The molecular formula is C14H17NO3. The first-order valence-corrected chi connectivity index (χ1v) is 6.34. The minimum absolute atomic E-state index is 0.148. The van der Waals surface area contributed by atoms with E-state index in [1.807, 2.05) is 11.0 Å². The lowest BCUT2D eigenvalue weighted by atomic mass is 10.0. The molecule has 2 aliphatic rings. The van der Waals surface area contributed by atoms with Gasteiger partial charge in [-0.15, -0.1) is 0 Å². The monoisotopic (exact) mass is 247 g/mol. The van der Waals surface area contributed by atoms with Crippen LogP contribution in [0.25, 0.3) is 0 Å². The van der Waals surface area contributed by atoms with Gasteiger partial charge in [0, 0.05) is 13.1 Å². The molecule has 0 aromatic heterocycles. The standard InChI is InChI=1S/C14H17NO3/c1-17-12-3-2-10-4-6-15(7-5-11(10)8-12)14(16)13-9-18-13/h2-3,8,13H,4-7,9H2,1H3. The van der Waals surface area contributed by atoms with Crippen LogP contribution in [0.2, 0.25) is 0 Å². The summed E-state index contributed by atoms with van der Waals surface area (Å²) in [5.41, 5.74) is 2.61. The smallest absolute Gasteiger partial charge is 0.254 e. The number of hydrogen-bond donors (Lipinski definition) is 0. The number of hydrogen-bond acceptors (Lipinski definition) is 3. The van der Waals surface area contributed by atoms with Crippen molar-refractivity contribution >= 4 is 5.91 Å². The summed E-state index contributed by atoms with van der Waals surface area (Å²) in [6, 6.07) is 6.17. The topological polar surface area (TPSA) is 42.1 Å². The first-order valence-electron chi connectivity index (χ1n) is 6.34. The van der Waals surface area contributed by atoms with Crippen LogP contribution >= 0.6 is 0 Å². The quantitative estimate of drug-likeness (QED) is 0.733. The predicted octanol–water partition coefficient (Wildman–Crippen LogP) is 1.02. The highest BCUT2D eigenvalue weighted by molar-refractivity contribution is 5.83. The van der Waals surface area contributed by atoms with Crippen LogP contribution < -0.4 is 4.74 Å². The van der Waals surface area contributed by atoms with Gasteiger partial charge >= 0.3 is 0 Å². The molecule has 0 saturated carbocycles. The molecule has 18 heavy (non-hydrogen) atoms. The number of carbonyl (C=O) groups is 1. The van der Waals surface area contributed by atoms with Gasteiger partial charge < -0.3 is 14.4 Å². The Bertz CT molecular complexity index is 468. The Morgan fingerprint density at radius 3 is 2.72 bits per heavy atom. The Hall–Kier alpha value is -1.55. The van der Waals surface area contributed by atoms with Gasteiger partial charge in [0.15, 0.2) is 6.10 Å². The fraction of sp³-hybridized carbons (Fsp3) is 0.500. The van der Waals surface area contributed by atoms with Crippen LogP contribution in [0, 0.1) is 0 Å². The minimum Gasteiger partial charge on any atom is -0.497 e. The van der Waals surface area contributed by atoms with E-state index in [0.717, 1.165) is 31.7 Å². The van der Waals surface area contributed by atoms with Crippen molar-refractivity contribution in [3.05, 3.63) is 29.3 Å². The molecule has 4 heteroatoms. The summed E-state index contributed by atoms with van der Waals surface area (Å²) in [5, 5.41) is 0. The van der Waals surface area contributed by atoms with E-state index >= 15 is 0 Å². The fourth-order valence-corrected chi connectivity index (χ4v) is 2.44. The Labute approximate surface area is 106 Å². The van der Waals surface area contributed by atoms with Gasteiger partial charge in [-0.1, -0.05) is 6.07 Å². The lowest BCUT2D eigenvalue weighted by Gasteiger charge is -2.18. The molecule has 96 valence electrons. The van der Waals surface area contributed by atoms with E-state index < -0.39 is 0 Å². The van der Waals surface area contributed by atoms with Crippen molar-refractivity contribution in [2.75, 3.05) is 26.8 Å². The van der Waals surface area contributed by atoms with Gasteiger partial charge in [-0.25, -0.2) is 0 Å². The van der Waals surface area contributed by atoms with Crippen molar-refractivity contribution in [1.29, 1.82) is 0 Å². The Kier molecular flexibility index (Phi) is 2.96. The number of fused-ring (bicyclic) bond motifs is 1. The van der Waals surface area contributed by atoms with E-state index in [1.54, 1.807) is 7.11 Å².